The Morgan fingerprint density at radius 1 is 1.71 bits per heavy atom. The van der Waals surface area contributed by atoms with E-state index in [0.29, 0.717) is 24.6 Å². The zero-order valence-electron chi connectivity index (χ0n) is 9.60. The fourth-order valence-electron chi connectivity index (χ4n) is 1.66. The van der Waals surface area contributed by atoms with E-state index in [1.807, 2.05) is 0 Å². The third-order valence-corrected chi connectivity index (χ3v) is 2.72. The van der Waals surface area contributed by atoms with Crippen LogP contribution in [-0.4, -0.2) is 36.8 Å². The largest absolute Gasteiger partial charge is 0.480 e. The Morgan fingerprint density at radius 3 is 3.18 bits per heavy atom. The molecule has 17 heavy (non-hydrogen) atoms. The molecule has 0 aromatic carbocycles. The first-order valence-electron chi connectivity index (χ1n) is 5.33. The van der Waals surface area contributed by atoms with Crippen LogP contribution in [0.2, 0.25) is 0 Å². The summed E-state index contributed by atoms with van der Waals surface area (Å²) in [5.74, 6) is 0.0877. The SMILES string of the molecule is COc1ncccc1NC(=O)C1(N)CCOC1. The Kier molecular flexibility index (Phi) is 3.26. The summed E-state index contributed by atoms with van der Waals surface area (Å²) in [5, 5.41) is 2.71. The van der Waals surface area contributed by atoms with E-state index in [1.54, 1.807) is 18.3 Å². The second kappa shape index (κ2) is 4.68. The molecule has 1 amide bonds. The molecular formula is C11H15N3O3. The van der Waals surface area contributed by atoms with Gasteiger partial charge in [-0.05, 0) is 18.6 Å². The molecule has 0 aliphatic carbocycles. The number of nitrogens with one attached hydrogen (secondary N) is 1. The van der Waals surface area contributed by atoms with Crippen LogP contribution in [0.25, 0.3) is 0 Å². The van der Waals surface area contributed by atoms with Gasteiger partial charge in [0.2, 0.25) is 11.8 Å². The maximum absolute atomic E-state index is 12.0. The van der Waals surface area contributed by atoms with Crippen molar-refractivity contribution in [2.45, 2.75) is 12.0 Å². The lowest BCUT2D eigenvalue weighted by Gasteiger charge is -2.21. The molecular weight excluding hydrogens is 222 g/mol. The summed E-state index contributed by atoms with van der Waals surface area (Å²) in [6.07, 6.45) is 2.10. The maximum Gasteiger partial charge on any atom is 0.247 e. The lowest BCUT2D eigenvalue weighted by atomic mass is 9.99. The second-order valence-corrected chi connectivity index (χ2v) is 3.97. The molecule has 0 spiro atoms. The van der Waals surface area contributed by atoms with Crippen molar-refractivity contribution in [1.82, 2.24) is 4.98 Å². The van der Waals surface area contributed by atoms with Crippen LogP contribution in [0.5, 0.6) is 5.88 Å². The van der Waals surface area contributed by atoms with Crippen LogP contribution in [0.15, 0.2) is 18.3 Å². The maximum atomic E-state index is 12.0. The standard InChI is InChI=1S/C11H15N3O3/c1-16-9-8(3-2-5-13-9)14-10(15)11(12)4-6-17-7-11/h2-3,5H,4,6-7,12H2,1H3,(H,14,15). The third kappa shape index (κ3) is 2.37. The number of aromatic nitrogens is 1. The minimum Gasteiger partial charge on any atom is -0.480 e. The van der Waals surface area contributed by atoms with Crippen molar-refractivity contribution in [2.24, 2.45) is 5.73 Å². The van der Waals surface area contributed by atoms with Gasteiger partial charge in [-0.3, -0.25) is 4.79 Å². The average molecular weight is 237 g/mol. The highest BCUT2D eigenvalue weighted by Gasteiger charge is 2.38. The first kappa shape index (κ1) is 11.8. The van der Waals surface area contributed by atoms with Crippen molar-refractivity contribution >= 4 is 11.6 Å². The van der Waals surface area contributed by atoms with E-state index in [-0.39, 0.29) is 12.5 Å². The normalized spacial score (nSPS) is 23.4. The number of nitrogens with two attached hydrogens (primary N) is 1. The lowest BCUT2D eigenvalue weighted by Crippen LogP contribution is -2.51. The van der Waals surface area contributed by atoms with Gasteiger partial charge in [-0.25, -0.2) is 4.98 Å². The molecule has 1 aromatic rings. The number of ether oxygens (including phenoxy) is 2. The van der Waals surface area contributed by atoms with Gasteiger partial charge in [0.05, 0.1) is 13.7 Å². The van der Waals surface area contributed by atoms with Gasteiger partial charge in [-0.2, -0.15) is 0 Å². The molecule has 1 fully saturated rings. The van der Waals surface area contributed by atoms with Crippen molar-refractivity contribution < 1.29 is 14.3 Å². The topological polar surface area (TPSA) is 86.5 Å². The number of rotatable bonds is 3. The van der Waals surface area contributed by atoms with E-state index in [2.05, 4.69) is 10.3 Å². The first-order valence-corrected chi connectivity index (χ1v) is 5.33. The van der Waals surface area contributed by atoms with Gasteiger partial charge < -0.3 is 20.5 Å². The van der Waals surface area contributed by atoms with Crippen LogP contribution in [0.4, 0.5) is 5.69 Å². The predicted molar refractivity (Wildman–Crippen MR) is 61.8 cm³/mol. The summed E-state index contributed by atoms with van der Waals surface area (Å²) in [5.41, 5.74) is 5.50. The van der Waals surface area contributed by atoms with Crippen LogP contribution >= 0.6 is 0 Å². The molecule has 3 N–H and O–H groups in total. The zero-order chi connectivity index (χ0) is 12.3. The number of carbonyl (C=O) groups is 1. The molecule has 6 heteroatoms. The Morgan fingerprint density at radius 2 is 2.53 bits per heavy atom. The highest BCUT2D eigenvalue weighted by atomic mass is 16.5. The van der Waals surface area contributed by atoms with Crippen molar-refractivity contribution in [1.29, 1.82) is 0 Å². The highest BCUT2D eigenvalue weighted by Crippen LogP contribution is 2.23. The van der Waals surface area contributed by atoms with Gasteiger partial charge >= 0.3 is 0 Å². The van der Waals surface area contributed by atoms with Crippen LogP contribution in [0, 0.1) is 0 Å². The molecule has 0 saturated carbocycles. The molecule has 1 unspecified atom stereocenters. The summed E-state index contributed by atoms with van der Waals surface area (Å²) >= 11 is 0. The summed E-state index contributed by atoms with van der Waals surface area (Å²) in [4.78, 5) is 16.0. The van der Waals surface area contributed by atoms with Crippen molar-refractivity contribution in [3.05, 3.63) is 18.3 Å². The van der Waals surface area contributed by atoms with Gasteiger partial charge in [0.1, 0.15) is 11.2 Å². The van der Waals surface area contributed by atoms with Gasteiger partial charge in [0.25, 0.3) is 0 Å². The van der Waals surface area contributed by atoms with E-state index in [9.17, 15) is 4.79 Å². The van der Waals surface area contributed by atoms with E-state index >= 15 is 0 Å². The number of carbonyl (C=O) groups excluding carboxylic acids is 1. The number of methoxy groups -OCH3 is 1. The average Bonchev–Trinajstić information content (AvgIpc) is 2.78. The molecule has 0 radical (unpaired) electrons. The molecule has 2 heterocycles. The molecule has 1 saturated heterocycles. The first-order chi connectivity index (χ1) is 8.15. The van der Waals surface area contributed by atoms with Crippen LogP contribution in [-0.2, 0) is 9.53 Å². The number of nitrogens with zero attached hydrogens (tertiary/aromatic N) is 1. The fraction of sp³-hybridized carbons (Fsp3) is 0.455. The van der Waals surface area contributed by atoms with E-state index < -0.39 is 5.54 Å². The molecule has 1 atom stereocenters. The van der Waals surface area contributed by atoms with Gasteiger partial charge in [0, 0.05) is 12.8 Å². The summed E-state index contributed by atoms with van der Waals surface area (Å²) in [7, 11) is 1.49. The summed E-state index contributed by atoms with van der Waals surface area (Å²) < 4.78 is 10.2. The molecule has 1 aromatic heterocycles. The summed E-state index contributed by atoms with van der Waals surface area (Å²) in [6.45, 7) is 0.746. The molecule has 92 valence electrons. The molecule has 2 rings (SSSR count). The number of amides is 1. The lowest BCUT2D eigenvalue weighted by molar-refractivity contribution is -0.121. The van der Waals surface area contributed by atoms with Gasteiger partial charge in [-0.15, -0.1) is 0 Å². The second-order valence-electron chi connectivity index (χ2n) is 3.97. The number of hydrogen-bond acceptors (Lipinski definition) is 5. The minimum absolute atomic E-state index is 0.238. The molecule has 6 nitrogen and oxygen atoms in total. The van der Waals surface area contributed by atoms with Crippen LogP contribution in [0.3, 0.4) is 0 Å². The van der Waals surface area contributed by atoms with E-state index in [4.69, 9.17) is 15.2 Å². The minimum atomic E-state index is -0.957. The Bertz CT molecular complexity index is 416. The smallest absolute Gasteiger partial charge is 0.247 e. The Hall–Kier alpha value is -1.66. The highest BCUT2D eigenvalue weighted by molar-refractivity contribution is 5.99. The third-order valence-electron chi connectivity index (χ3n) is 2.72. The zero-order valence-corrected chi connectivity index (χ0v) is 9.60. The predicted octanol–water partition coefficient (Wildman–Crippen LogP) is 0.146. The Balaban J connectivity index is 2.12. The van der Waals surface area contributed by atoms with Crippen molar-refractivity contribution in [3.63, 3.8) is 0 Å². The number of anilines is 1. The van der Waals surface area contributed by atoms with Crippen LogP contribution < -0.4 is 15.8 Å². The summed E-state index contributed by atoms with van der Waals surface area (Å²) in [6, 6.07) is 3.43. The molecule has 1 aliphatic heterocycles. The van der Waals surface area contributed by atoms with E-state index in [0.717, 1.165) is 0 Å². The molecule has 1 aliphatic rings. The van der Waals surface area contributed by atoms with Crippen LogP contribution in [0.1, 0.15) is 6.42 Å². The number of hydrogen-bond donors (Lipinski definition) is 2. The van der Waals surface area contributed by atoms with Crippen molar-refractivity contribution in [3.8, 4) is 5.88 Å². The van der Waals surface area contributed by atoms with Crippen molar-refractivity contribution in [2.75, 3.05) is 25.6 Å². The van der Waals surface area contributed by atoms with Gasteiger partial charge in [0.15, 0.2) is 0 Å². The number of pyridine rings is 1. The molecule has 0 bridgehead atoms. The monoisotopic (exact) mass is 237 g/mol. The van der Waals surface area contributed by atoms with E-state index in [1.165, 1.54) is 7.11 Å². The quantitative estimate of drug-likeness (QED) is 0.781. The fourth-order valence-corrected chi connectivity index (χ4v) is 1.66. The Labute approximate surface area is 99.1 Å². The van der Waals surface area contributed by atoms with Gasteiger partial charge in [-0.1, -0.05) is 0 Å².